The summed E-state index contributed by atoms with van der Waals surface area (Å²) in [6, 6.07) is 15.0. The smallest absolute Gasteiger partial charge is 0.225 e. The number of nitrogens with zero attached hydrogens (tertiary/aromatic N) is 3. The predicted molar refractivity (Wildman–Crippen MR) is 94.6 cm³/mol. The predicted octanol–water partition coefficient (Wildman–Crippen LogP) is 3.50. The summed E-state index contributed by atoms with van der Waals surface area (Å²) in [5, 5.41) is 0.700. The molecular formula is C17H16ClN5O. The molecule has 0 radical (unpaired) electrons. The standard InChI is InChI=1S/C17H16ClN5O/c1-10(11-2-6-13(18)7-3-11)24-14-8-4-12(5-9-14)15-21-16(19)23-17(20)22-15/h2-10H,1H3,(H4,19,20,21,22,23). The zero-order valence-electron chi connectivity index (χ0n) is 13.0. The van der Waals surface area contributed by atoms with Crippen molar-refractivity contribution >= 4 is 23.5 Å². The highest BCUT2D eigenvalue weighted by Crippen LogP contribution is 2.25. The van der Waals surface area contributed by atoms with Crippen LogP contribution in [0.25, 0.3) is 11.4 Å². The third-order valence-corrected chi connectivity index (χ3v) is 3.69. The van der Waals surface area contributed by atoms with E-state index in [0.29, 0.717) is 10.8 Å². The van der Waals surface area contributed by atoms with Gasteiger partial charge in [-0.05, 0) is 48.9 Å². The molecule has 0 aliphatic carbocycles. The molecule has 0 saturated heterocycles. The molecule has 3 rings (SSSR count). The summed E-state index contributed by atoms with van der Waals surface area (Å²) in [4.78, 5) is 11.9. The molecular weight excluding hydrogens is 326 g/mol. The van der Waals surface area contributed by atoms with Crippen molar-refractivity contribution in [2.45, 2.75) is 13.0 Å². The number of hydrogen-bond acceptors (Lipinski definition) is 6. The summed E-state index contributed by atoms with van der Waals surface area (Å²) >= 11 is 5.90. The summed E-state index contributed by atoms with van der Waals surface area (Å²) in [6.45, 7) is 1.98. The molecule has 1 atom stereocenters. The van der Waals surface area contributed by atoms with Crippen molar-refractivity contribution < 1.29 is 4.74 Å². The van der Waals surface area contributed by atoms with Crippen molar-refractivity contribution in [1.29, 1.82) is 0 Å². The second-order valence-corrected chi connectivity index (χ2v) is 5.65. The average Bonchev–Trinajstić information content (AvgIpc) is 2.55. The van der Waals surface area contributed by atoms with E-state index in [-0.39, 0.29) is 18.0 Å². The molecule has 1 unspecified atom stereocenters. The van der Waals surface area contributed by atoms with Gasteiger partial charge in [-0.25, -0.2) is 0 Å². The van der Waals surface area contributed by atoms with E-state index in [4.69, 9.17) is 27.8 Å². The quantitative estimate of drug-likeness (QED) is 0.753. The second-order valence-electron chi connectivity index (χ2n) is 5.21. The summed E-state index contributed by atoms with van der Waals surface area (Å²) < 4.78 is 5.93. The van der Waals surface area contributed by atoms with E-state index in [1.54, 1.807) is 0 Å². The Kier molecular flexibility index (Phi) is 4.48. The van der Waals surface area contributed by atoms with Crippen molar-refractivity contribution in [2.75, 3.05) is 11.5 Å². The molecule has 4 N–H and O–H groups in total. The molecule has 6 nitrogen and oxygen atoms in total. The number of aromatic nitrogens is 3. The van der Waals surface area contributed by atoms with E-state index in [1.807, 2.05) is 55.5 Å². The van der Waals surface area contributed by atoms with Gasteiger partial charge in [0, 0.05) is 10.6 Å². The zero-order valence-corrected chi connectivity index (χ0v) is 13.7. The summed E-state index contributed by atoms with van der Waals surface area (Å²) in [6.07, 6.45) is -0.100. The zero-order chi connectivity index (χ0) is 17.1. The highest BCUT2D eigenvalue weighted by Gasteiger charge is 2.09. The van der Waals surface area contributed by atoms with Gasteiger partial charge in [-0.3, -0.25) is 0 Å². The van der Waals surface area contributed by atoms with E-state index in [9.17, 15) is 0 Å². The lowest BCUT2D eigenvalue weighted by Crippen LogP contribution is -2.04. The Labute approximate surface area is 144 Å². The van der Waals surface area contributed by atoms with E-state index in [2.05, 4.69) is 15.0 Å². The summed E-state index contributed by atoms with van der Waals surface area (Å²) in [5.41, 5.74) is 13.0. The maximum Gasteiger partial charge on any atom is 0.225 e. The number of halogens is 1. The number of hydrogen-bond donors (Lipinski definition) is 2. The lowest BCUT2D eigenvalue weighted by atomic mass is 10.1. The van der Waals surface area contributed by atoms with Gasteiger partial charge in [-0.2, -0.15) is 15.0 Å². The maximum atomic E-state index is 5.93. The summed E-state index contributed by atoms with van der Waals surface area (Å²) in [5.74, 6) is 1.34. The lowest BCUT2D eigenvalue weighted by Gasteiger charge is -2.15. The number of rotatable bonds is 4. The van der Waals surface area contributed by atoms with Crippen LogP contribution in [0.5, 0.6) is 5.75 Å². The van der Waals surface area contributed by atoms with Crippen LogP contribution < -0.4 is 16.2 Å². The number of anilines is 2. The van der Waals surface area contributed by atoms with Crippen molar-refractivity contribution in [3.05, 3.63) is 59.1 Å². The molecule has 1 heterocycles. The topological polar surface area (TPSA) is 99.9 Å². The Morgan fingerprint density at radius 3 is 2.04 bits per heavy atom. The van der Waals surface area contributed by atoms with E-state index in [0.717, 1.165) is 16.9 Å². The minimum Gasteiger partial charge on any atom is -0.486 e. The van der Waals surface area contributed by atoms with Crippen LogP contribution in [0.2, 0.25) is 5.02 Å². The fourth-order valence-corrected chi connectivity index (χ4v) is 2.35. The number of ether oxygens (including phenoxy) is 1. The van der Waals surface area contributed by atoms with Gasteiger partial charge in [0.05, 0.1) is 0 Å². The van der Waals surface area contributed by atoms with Gasteiger partial charge in [0.1, 0.15) is 11.9 Å². The minimum atomic E-state index is -0.100. The fraction of sp³-hybridized carbons (Fsp3) is 0.118. The Bertz CT molecular complexity index is 816. The van der Waals surface area contributed by atoms with Crippen LogP contribution in [0.15, 0.2) is 48.5 Å². The third kappa shape index (κ3) is 3.72. The van der Waals surface area contributed by atoms with E-state index < -0.39 is 0 Å². The minimum absolute atomic E-state index is 0.0918. The Hall–Kier alpha value is -2.86. The molecule has 0 aliphatic rings. The Morgan fingerprint density at radius 2 is 1.46 bits per heavy atom. The normalized spacial score (nSPS) is 11.9. The highest BCUT2D eigenvalue weighted by molar-refractivity contribution is 6.30. The van der Waals surface area contributed by atoms with Crippen molar-refractivity contribution in [3.8, 4) is 17.1 Å². The largest absolute Gasteiger partial charge is 0.486 e. The molecule has 7 heteroatoms. The molecule has 122 valence electrons. The molecule has 0 bridgehead atoms. The monoisotopic (exact) mass is 341 g/mol. The first-order valence-electron chi connectivity index (χ1n) is 7.31. The molecule has 0 amide bonds. The molecule has 0 fully saturated rings. The van der Waals surface area contributed by atoms with E-state index >= 15 is 0 Å². The van der Waals surface area contributed by atoms with Crippen LogP contribution in [0.1, 0.15) is 18.6 Å². The third-order valence-electron chi connectivity index (χ3n) is 3.43. The fourth-order valence-electron chi connectivity index (χ4n) is 2.23. The maximum absolute atomic E-state index is 5.93. The number of nitrogens with two attached hydrogens (primary N) is 2. The van der Waals surface area contributed by atoms with Gasteiger partial charge in [-0.15, -0.1) is 0 Å². The molecule has 3 aromatic rings. The molecule has 0 saturated carbocycles. The first kappa shape index (κ1) is 16.0. The molecule has 1 aromatic heterocycles. The second kappa shape index (κ2) is 6.72. The van der Waals surface area contributed by atoms with Gasteiger partial charge in [0.2, 0.25) is 11.9 Å². The highest BCUT2D eigenvalue weighted by atomic mass is 35.5. The van der Waals surface area contributed by atoms with Crippen molar-refractivity contribution in [2.24, 2.45) is 0 Å². The lowest BCUT2D eigenvalue weighted by molar-refractivity contribution is 0.227. The van der Waals surface area contributed by atoms with Gasteiger partial charge >= 0.3 is 0 Å². The molecule has 0 aliphatic heterocycles. The van der Waals surface area contributed by atoms with Crippen LogP contribution in [-0.2, 0) is 0 Å². The molecule has 0 spiro atoms. The van der Waals surface area contributed by atoms with Crippen LogP contribution in [0, 0.1) is 0 Å². The SMILES string of the molecule is CC(Oc1ccc(-c2nc(N)nc(N)n2)cc1)c1ccc(Cl)cc1. The Balaban J connectivity index is 1.75. The van der Waals surface area contributed by atoms with E-state index in [1.165, 1.54) is 0 Å². The first-order chi connectivity index (χ1) is 11.5. The van der Waals surface area contributed by atoms with Crippen LogP contribution in [0.3, 0.4) is 0 Å². The first-order valence-corrected chi connectivity index (χ1v) is 7.68. The van der Waals surface area contributed by atoms with Gasteiger partial charge < -0.3 is 16.2 Å². The van der Waals surface area contributed by atoms with Gasteiger partial charge in [-0.1, -0.05) is 23.7 Å². The summed E-state index contributed by atoms with van der Waals surface area (Å²) in [7, 11) is 0. The average molecular weight is 342 g/mol. The van der Waals surface area contributed by atoms with Gasteiger partial charge in [0.15, 0.2) is 5.82 Å². The van der Waals surface area contributed by atoms with Crippen molar-refractivity contribution in [3.63, 3.8) is 0 Å². The van der Waals surface area contributed by atoms with Gasteiger partial charge in [0.25, 0.3) is 0 Å². The van der Waals surface area contributed by atoms with Crippen LogP contribution in [-0.4, -0.2) is 15.0 Å². The molecule has 2 aromatic carbocycles. The van der Waals surface area contributed by atoms with Crippen LogP contribution in [0.4, 0.5) is 11.9 Å². The Morgan fingerprint density at radius 1 is 0.875 bits per heavy atom. The van der Waals surface area contributed by atoms with Crippen molar-refractivity contribution in [1.82, 2.24) is 15.0 Å². The number of benzene rings is 2. The number of nitrogen functional groups attached to an aromatic ring is 2. The van der Waals surface area contributed by atoms with Crippen LogP contribution >= 0.6 is 11.6 Å². The molecule has 24 heavy (non-hydrogen) atoms.